The average molecular weight is 708 g/mol. The summed E-state index contributed by atoms with van der Waals surface area (Å²) >= 11 is 1.83. The molecule has 252 valence electrons. The van der Waals surface area contributed by atoms with E-state index < -0.39 is 0 Å². The monoisotopic (exact) mass is 707 g/mol. The summed E-state index contributed by atoms with van der Waals surface area (Å²) in [4.78, 5) is 15.7. The number of fused-ring (bicyclic) bond motifs is 8. The topological polar surface area (TPSA) is 51.8 Å². The highest BCUT2D eigenvalue weighted by molar-refractivity contribution is 7.26. The van der Waals surface area contributed by atoms with E-state index in [-0.39, 0.29) is 0 Å². The number of benzene rings is 7. The minimum atomic E-state index is 0.645. The van der Waals surface area contributed by atoms with Crippen LogP contribution in [0.5, 0.6) is 0 Å². The second-order valence-electron chi connectivity index (χ2n) is 13.5. The minimum absolute atomic E-state index is 0.645. The molecule has 7 aromatic carbocycles. The van der Waals surface area contributed by atoms with Gasteiger partial charge in [0, 0.05) is 58.6 Å². The summed E-state index contributed by atoms with van der Waals surface area (Å²) in [5.41, 5.74) is 11.6. The van der Waals surface area contributed by atoms with Crippen molar-refractivity contribution in [3.05, 3.63) is 176 Å². The molecule has 0 aliphatic rings. The van der Waals surface area contributed by atoms with Crippen LogP contribution in [0.4, 0.5) is 0 Å². The van der Waals surface area contributed by atoms with Gasteiger partial charge in [0.15, 0.2) is 5.82 Å². The van der Waals surface area contributed by atoms with Gasteiger partial charge in [0.1, 0.15) is 11.2 Å². The van der Waals surface area contributed by atoms with E-state index in [1.165, 1.54) is 31.1 Å². The molecule has 0 atom stereocenters. The van der Waals surface area contributed by atoms with E-state index in [4.69, 9.17) is 19.4 Å². The van der Waals surface area contributed by atoms with Crippen molar-refractivity contribution in [3.63, 3.8) is 0 Å². The molecule has 0 saturated carbocycles. The first-order chi connectivity index (χ1) is 26.7. The highest BCUT2D eigenvalue weighted by atomic mass is 32.1. The van der Waals surface area contributed by atoms with Crippen molar-refractivity contribution >= 4 is 64.4 Å². The Morgan fingerprint density at radius 3 is 1.91 bits per heavy atom. The molecule has 11 rings (SSSR count). The van der Waals surface area contributed by atoms with Crippen molar-refractivity contribution in [3.8, 4) is 56.3 Å². The summed E-state index contributed by atoms with van der Waals surface area (Å²) in [5, 5.41) is 5.76. The lowest BCUT2D eigenvalue weighted by atomic mass is 10.0. The van der Waals surface area contributed by atoms with Crippen LogP contribution in [0.25, 0.3) is 109 Å². The van der Waals surface area contributed by atoms with Gasteiger partial charge in [-0.05, 0) is 41.5 Å². The maximum absolute atomic E-state index is 6.48. The van der Waals surface area contributed by atoms with Crippen LogP contribution in [0.3, 0.4) is 0 Å². The Morgan fingerprint density at radius 1 is 0.426 bits per heavy atom. The Kier molecular flexibility index (Phi) is 7.00. The standard InChI is InChI=1S/C49H29N3OS/c1-2-11-30(12-3-1)31-21-23-32(24-22-31)41-29-42(37-17-10-16-36-35-13-5-8-19-43(35)53-47(36)37)52-49(51-41)34-27-25-33(26-28-34)46-45-39-15-6-9-20-44(39)54-48(45)38-14-4-7-18-40(38)50-46/h1-29H. The molecule has 0 aliphatic heterocycles. The summed E-state index contributed by atoms with van der Waals surface area (Å²) in [6, 6.07) is 61.2. The molecule has 5 heteroatoms. The zero-order chi connectivity index (χ0) is 35.6. The third-order valence-corrected chi connectivity index (χ3v) is 11.5. The van der Waals surface area contributed by atoms with Gasteiger partial charge >= 0.3 is 0 Å². The van der Waals surface area contributed by atoms with Crippen LogP contribution in [0.1, 0.15) is 0 Å². The van der Waals surface area contributed by atoms with E-state index in [2.05, 4.69) is 152 Å². The van der Waals surface area contributed by atoms with Gasteiger partial charge < -0.3 is 4.42 Å². The third kappa shape index (κ3) is 5.01. The number of thiophene rings is 1. The predicted molar refractivity (Wildman–Crippen MR) is 225 cm³/mol. The Hall–Kier alpha value is -6.95. The lowest BCUT2D eigenvalue weighted by Gasteiger charge is -2.11. The van der Waals surface area contributed by atoms with Crippen LogP contribution in [-0.2, 0) is 0 Å². The van der Waals surface area contributed by atoms with Gasteiger partial charge in [-0.15, -0.1) is 11.3 Å². The molecule has 0 bridgehead atoms. The van der Waals surface area contributed by atoms with Crippen molar-refractivity contribution in [2.75, 3.05) is 0 Å². The number of hydrogen-bond donors (Lipinski definition) is 0. The van der Waals surface area contributed by atoms with Crippen LogP contribution >= 0.6 is 11.3 Å². The first-order valence-electron chi connectivity index (χ1n) is 18.0. The quantitative estimate of drug-likeness (QED) is 0.179. The van der Waals surface area contributed by atoms with Crippen LogP contribution < -0.4 is 0 Å². The molecule has 0 spiro atoms. The molecule has 11 aromatic rings. The van der Waals surface area contributed by atoms with E-state index in [1.54, 1.807) is 0 Å². The molecular formula is C49H29N3OS. The fourth-order valence-corrected chi connectivity index (χ4v) is 8.91. The average Bonchev–Trinajstić information content (AvgIpc) is 3.83. The first-order valence-corrected chi connectivity index (χ1v) is 18.8. The maximum atomic E-state index is 6.48. The van der Waals surface area contributed by atoms with E-state index in [0.717, 1.165) is 72.4 Å². The summed E-state index contributed by atoms with van der Waals surface area (Å²) in [5.74, 6) is 0.645. The lowest BCUT2D eigenvalue weighted by Crippen LogP contribution is -1.96. The SMILES string of the molecule is c1ccc(-c2ccc(-c3cc(-c4cccc5c4oc4ccccc45)nc(-c4ccc(-c5nc6ccccc6c6sc7ccccc7c56)cc4)n3)cc2)cc1. The molecule has 54 heavy (non-hydrogen) atoms. The molecule has 0 unspecified atom stereocenters. The number of aromatic nitrogens is 3. The Labute approximate surface area is 314 Å². The molecule has 0 radical (unpaired) electrons. The number of hydrogen-bond acceptors (Lipinski definition) is 5. The summed E-state index contributed by atoms with van der Waals surface area (Å²) < 4.78 is 9.01. The third-order valence-electron chi connectivity index (χ3n) is 10.3. The molecular weight excluding hydrogens is 679 g/mol. The second-order valence-corrected chi connectivity index (χ2v) is 14.6. The lowest BCUT2D eigenvalue weighted by molar-refractivity contribution is 0.670. The molecule has 0 N–H and O–H groups in total. The van der Waals surface area contributed by atoms with Gasteiger partial charge in [0.2, 0.25) is 0 Å². The van der Waals surface area contributed by atoms with Gasteiger partial charge in [-0.1, -0.05) is 146 Å². The van der Waals surface area contributed by atoms with Crippen LogP contribution in [0, 0.1) is 0 Å². The van der Waals surface area contributed by atoms with Gasteiger partial charge in [-0.25, -0.2) is 15.0 Å². The molecule has 0 aliphatic carbocycles. The van der Waals surface area contributed by atoms with Crippen molar-refractivity contribution in [2.24, 2.45) is 0 Å². The highest BCUT2D eigenvalue weighted by Crippen LogP contribution is 2.43. The summed E-state index contributed by atoms with van der Waals surface area (Å²) in [7, 11) is 0. The number of furan rings is 1. The fraction of sp³-hybridized carbons (Fsp3) is 0. The zero-order valence-electron chi connectivity index (χ0n) is 28.9. The number of nitrogens with zero attached hydrogens (tertiary/aromatic N) is 3. The van der Waals surface area contributed by atoms with E-state index in [0.29, 0.717) is 5.82 Å². The molecule has 0 amide bonds. The van der Waals surface area contributed by atoms with E-state index in [9.17, 15) is 0 Å². The van der Waals surface area contributed by atoms with E-state index in [1.807, 2.05) is 35.6 Å². The van der Waals surface area contributed by atoms with Crippen molar-refractivity contribution < 1.29 is 4.42 Å². The number of para-hydroxylation sites is 3. The molecule has 0 saturated heterocycles. The van der Waals surface area contributed by atoms with Crippen LogP contribution in [-0.4, -0.2) is 15.0 Å². The van der Waals surface area contributed by atoms with Crippen molar-refractivity contribution in [1.82, 2.24) is 15.0 Å². The highest BCUT2D eigenvalue weighted by Gasteiger charge is 2.19. The number of pyridine rings is 1. The zero-order valence-corrected chi connectivity index (χ0v) is 29.7. The fourth-order valence-electron chi connectivity index (χ4n) is 7.67. The Balaban J connectivity index is 1.07. The smallest absolute Gasteiger partial charge is 0.160 e. The van der Waals surface area contributed by atoms with Crippen molar-refractivity contribution in [2.45, 2.75) is 0 Å². The Bertz CT molecular complexity index is 3200. The molecule has 4 nitrogen and oxygen atoms in total. The second kappa shape index (κ2) is 12.3. The summed E-state index contributed by atoms with van der Waals surface area (Å²) in [6.45, 7) is 0. The van der Waals surface area contributed by atoms with Crippen molar-refractivity contribution in [1.29, 1.82) is 0 Å². The van der Waals surface area contributed by atoms with Gasteiger partial charge in [-0.3, -0.25) is 0 Å². The van der Waals surface area contributed by atoms with Gasteiger partial charge in [0.25, 0.3) is 0 Å². The molecule has 4 heterocycles. The van der Waals surface area contributed by atoms with Gasteiger partial charge in [-0.2, -0.15) is 0 Å². The minimum Gasteiger partial charge on any atom is -0.455 e. The van der Waals surface area contributed by atoms with Crippen LogP contribution in [0.15, 0.2) is 180 Å². The predicted octanol–water partition coefficient (Wildman–Crippen LogP) is 13.6. The normalized spacial score (nSPS) is 11.7. The molecule has 0 fully saturated rings. The van der Waals surface area contributed by atoms with E-state index >= 15 is 0 Å². The summed E-state index contributed by atoms with van der Waals surface area (Å²) in [6.07, 6.45) is 0. The molecule has 4 aromatic heterocycles. The largest absolute Gasteiger partial charge is 0.455 e. The number of rotatable bonds is 5. The van der Waals surface area contributed by atoms with Gasteiger partial charge in [0.05, 0.1) is 22.6 Å². The van der Waals surface area contributed by atoms with Crippen LogP contribution in [0.2, 0.25) is 0 Å². The Morgan fingerprint density at radius 2 is 1.06 bits per heavy atom. The maximum Gasteiger partial charge on any atom is 0.160 e. The first kappa shape index (κ1) is 30.7.